The lowest BCUT2D eigenvalue weighted by atomic mass is 10.0. The zero-order valence-corrected chi connectivity index (χ0v) is 17.6. The minimum absolute atomic E-state index is 0.228. The Hall–Kier alpha value is -2.65. The van der Waals surface area contributed by atoms with Crippen LogP contribution in [-0.4, -0.2) is 46.6 Å². The first-order valence-electron chi connectivity index (χ1n) is 9.99. The second-order valence-corrected chi connectivity index (χ2v) is 9.60. The van der Waals surface area contributed by atoms with E-state index < -0.39 is 9.84 Å². The van der Waals surface area contributed by atoms with Gasteiger partial charge in [-0.25, -0.2) is 17.5 Å². The van der Waals surface area contributed by atoms with Crippen molar-refractivity contribution < 1.29 is 12.8 Å². The third kappa shape index (κ3) is 4.41. The van der Waals surface area contributed by atoms with E-state index in [1.807, 2.05) is 6.92 Å². The summed E-state index contributed by atoms with van der Waals surface area (Å²) in [6.07, 6.45) is 3.24. The predicted molar refractivity (Wildman–Crippen MR) is 110 cm³/mol. The van der Waals surface area contributed by atoms with Gasteiger partial charge in [-0.15, -0.1) is 5.10 Å². The van der Waals surface area contributed by atoms with Gasteiger partial charge in [0.05, 0.1) is 10.9 Å². The largest absolute Gasteiger partial charge is 0.290 e. The lowest BCUT2D eigenvalue weighted by molar-refractivity contribution is 0.178. The highest BCUT2D eigenvalue weighted by Gasteiger charge is 2.30. The van der Waals surface area contributed by atoms with E-state index in [0.29, 0.717) is 5.82 Å². The number of hydrogen-bond acceptors (Lipinski definition) is 6. The highest BCUT2D eigenvalue weighted by atomic mass is 32.2. The number of nitrogens with zero attached hydrogens (tertiary/aromatic N) is 5. The molecule has 0 bridgehead atoms. The number of aryl methyl sites for hydroxylation is 1. The van der Waals surface area contributed by atoms with Crippen LogP contribution < -0.4 is 0 Å². The summed E-state index contributed by atoms with van der Waals surface area (Å²) in [5.74, 6) is -0.235. The van der Waals surface area contributed by atoms with Gasteiger partial charge in [-0.1, -0.05) is 36.2 Å². The van der Waals surface area contributed by atoms with E-state index in [-0.39, 0.29) is 22.6 Å². The molecule has 1 aromatic heterocycles. The summed E-state index contributed by atoms with van der Waals surface area (Å²) in [7, 11) is -3.63. The van der Waals surface area contributed by atoms with Crippen molar-refractivity contribution in [2.75, 3.05) is 13.1 Å². The van der Waals surface area contributed by atoms with Crippen LogP contribution in [0.25, 0.3) is 0 Å². The molecule has 30 heavy (non-hydrogen) atoms. The highest BCUT2D eigenvalue weighted by Crippen LogP contribution is 2.30. The van der Waals surface area contributed by atoms with Gasteiger partial charge in [0.2, 0.25) is 0 Å². The molecule has 3 aromatic rings. The number of aromatic nitrogens is 4. The molecule has 0 aliphatic carbocycles. The number of benzene rings is 2. The average molecular weight is 430 g/mol. The van der Waals surface area contributed by atoms with Crippen LogP contribution in [-0.2, 0) is 15.7 Å². The van der Waals surface area contributed by atoms with E-state index in [9.17, 15) is 12.8 Å². The number of likely N-dealkylation sites (tertiary alicyclic amines) is 1. The molecule has 0 radical (unpaired) electrons. The van der Waals surface area contributed by atoms with Gasteiger partial charge in [0.25, 0.3) is 0 Å². The maximum Gasteiger partial charge on any atom is 0.198 e. The third-order valence-corrected chi connectivity index (χ3v) is 6.99. The number of halogens is 1. The fourth-order valence-corrected chi connectivity index (χ4v) is 5.03. The van der Waals surface area contributed by atoms with Crippen LogP contribution in [0.1, 0.15) is 42.3 Å². The molecule has 1 aliphatic heterocycles. The van der Waals surface area contributed by atoms with E-state index in [1.165, 1.54) is 16.8 Å². The molecule has 2 heterocycles. The van der Waals surface area contributed by atoms with E-state index in [2.05, 4.69) is 20.4 Å². The molecular weight excluding hydrogens is 405 g/mol. The highest BCUT2D eigenvalue weighted by molar-refractivity contribution is 7.90. The summed E-state index contributed by atoms with van der Waals surface area (Å²) in [6.45, 7) is 3.60. The summed E-state index contributed by atoms with van der Waals surface area (Å²) in [5, 5.41) is 11.9. The SMILES string of the molecule is Cc1ccc(S(=O)(=O)Cn2nnnc2[C@H](c2ccc(F)cc2)N2CCCCC2)cc1. The van der Waals surface area contributed by atoms with Crippen molar-refractivity contribution in [1.29, 1.82) is 0 Å². The maximum atomic E-state index is 13.5. The molecule has 1 saturated heterocycles. The van der Waals surface area contributed by atoms with Crippen molar-refractivity contribution in [2.24, 2.45) is 0 Å². The Bertz CT molecular complexity index is 1090. The van der Waals surface area contributed by atoms with Gasteiger partial charge in [0, 0.05) is 0 Å². The number of hydrogen-bond donors (Lipinski definition) is 0. The summed E-state index contributed by atoms with van der Waals surface area (Å²) < 4.78 is 40.8. The molecular formula is C21H24FN5O2S. The second-order valence-electron chi connectivity index (χ2n) is 7.64. The number of rotatable bonds is 6. The Labute approximate surface area is 175 Å². The molecule has 1 atom stereocenters. The molecule has 2 aromatic carbocycles. The van der Waals surface area contributed by atoms with Crippen LogP contribution in [0.15, 0.2) is 53.4 Å². The molecule has 9 heteroatoms. The summed E-state index contributed by atoms with van der Waals surface area (Å²) in [4.78, 5) is 2.46. The second kappa shape index (κ2) is 8.61. The summed E-state index contributed by atoms with van der Waals surface area (Å²) in [6, 6.07) is 12.6. The number of tetrazole rings is 1. The van der Waals surface area contributed by atoms with E-state index in [4.69, 9.17) is 0 Å². The fraction of sp³-hybridized carbons (Fsp3) is 0.381. The topological polar surface area (TPSA) is 81.0 Å². The van der Waals surface area contributed by atoms with Gasteiger partial charge in [-0.05, 0) is 73.1 Å². The van der Waals surface area contributed by atoms with Gasteiger partial charge in [0.1, 0.15) is 5.82 Å². The van der Waals surface area contributed by atoms with Crippen molar-refractivity contribution in [2.45, 2.75) is 43.0 Å². The molecule has 7 nitrogen and oxygen atoms in total. The number of sulfone groups is 1. The molecule has 0 amide bonds. The quantitative estimate of drug-likeness (QED) is 0.599. The van der Waals surface area contributed by atoms with Crippen LogP contribution in [0.5, 0.6) is 0 Å². The Morgan fingerprint density at radius 3 is 2.33 bits per heavy atom. The molecule has 4 rings (SSSR count). The Kier molecular flexibility index (Phi) is 5.92. The van der Waals surface area contributed by atoms with Crippen molar-refractivity contribution in [3.05, 3.63) is 71.3 Å². The van der Waals surface area contributed by atoms with Crippen molar-refractivity contribution in [1.82, 2.24) is 25.1 Å². The summed E-state index contributed by atoms with van der Waals surface area (Å²) in [5.41, 5.74) is 1.82. The maximum absolute atomic E-state index is 13.5. The lowest BCUT2D eigenvalue weighted by Crippen LogP contribution is -2.36. The minimum atomic E-state index is -3.63. The molecule has 0 spiro atoms. The van der Waals surface area contributed by atoms with Crippen molar-refractivity contribution in [3.63, 3.8) is 0 Å². The van der Waals surface area contributed by atoms with Crippen LogP contribution >= 0.6 is 0 Å². The predicted octanol–water partition coefficient (Wildman–Crippen LogP) is 3.13. The Morgan fingerprint density at radius 1 is 1.00 bits per heavy atom. The first-order chi connectivity index (χ1) is 14.4. The van der Waals surface area contributed by atoms with Gasteiger partial charge < -0.3 is 0 Å². The lowest BCUT2D eigenvalue weighted by Gasteiger charge is -2.34. The first kappa shape index (κ1) is 20.6. The van der Waals surface area contributed by atoms with Crippen molar-refractivity contribution >= 4 is 9.84 Å². The van der Waals surface area contributed by atoms with Crippen LogP contribution in [0.3, 0.4) is 0 Å². The molecule has 0 unspecified atom stereocenters. The van der Waals surface area contributed by atoms with Gasteiger partial charge >= 0.3 is 0 Å². The standard InChI is InChI=1S/C21H24FN5O2S/c1-16-5-11-19(12-6-16)30(28,29)15-27-21(23-24-25-27)20(26-13-3-2-4-14-26)17-7-9-18(22)10-8-17/h5-12,20H,2-4,13-15H2,1H3/t20-/m0/s1. The van der Waals surface area contributed by atoms with Gasteiger partial charge in [-0.2, -0.15) is 0 Å². The Balaban J connectivity index is 1.70. The monoisotopic (exact) mass is 429 g/mol. The average Bonchev–Trinajstić information content (AvgIpc) is 3.18. The molecule has 1 fully saturated rings. The van der Waals surface area contributed by atoms with Crippen molar-refractivity contribution in [3.8, 4) is 0 Å². The van der Waals surface area contributed by atoms with Crippen LogP contribution in [0.2, 0.25) is 0 Å². The van der Waals surface area contributed by atoms with E-state index >= 15 is 0 Å². The smallest absolute Gasteiger partial charge is 0.198 e. The third-order valence-electron chi connectivity index (χ3n) is 5.42. The first-order valence-corrected chi connectivity index (χ1v) is 11.6. The zero-order valence-electron chi connectivity index (χ0n) is 16.8. The molecule has 1 aliphatic rings. The summed E-state index contributed by atoms with van der Waals surface area (Å²) >= 11 is 0. The molecule has 0 N–H and O–H groups in total. The van der Waals surface area contributed by atoms with Crippen LogP contribution in [0, 0.1) is 12.7 Å². The fourth-order valence-electron chi connectivity index (χ4n) is 3.83. The van der Waals surface area contributed by atoms with Gasteiger partial charge in [0.15, 0.2) is 21.5 Å². The Morgan fingerprint density at radius 2 is 1.67 bits per heavy atom. The van der Waals surface area contributed by atoms with E-state index in [0.717, 1.165) is 43.5 Å². The molecule has 0 saturated carbocycles. The zero-order chi connectivity index (χ0) is 21.1. The molecule has 158 valence electrons. The number of piperidine rings is 1. The van der Waals surface area contributed by atoms with E-state index in [1.54, 1.807) is 36.4 Å². The van der Waals surface area contributed by atoms with Crippen LogP contribution in [0.4, 0.5) is 4.39 Å². The normalized spacial score (nSPS) is 16.5. The van der Waals surface area contributed by atoms with Gasteiger partial charge in [-0.3, -0.25) is 4.90 Å². The minimum Gasteiger partial charge on any atom is -0.290 e.